The molecular weight excluding hydrogens is 462 g/mol. The lowest BCUT2D eigenvalue weighted by Crippen LogP contribution is -2.28. The number of anilines is 2. The van der Waals surface area contributed by atoms with Gasteiger partial charge in [0.1, 0.15) is 29.5 Å². The lowest BCUT2D eigenvalue weighted by atomic mass is 10.0. The van der Waals surface area contributed by atoms with E-state index in [0.29, 0.717) is 27.9 Å². The summed E-state index contributed by atoms with van der Waals surface area (Å²) in [6.45, 7) is 1.76. The molecule has 1 aromatic carbocycles. The smallest absolute Gasteiger partial charge is 0.267 e. The number of fused-ring (bicyclic) bond motifs is 1. The van der Waals surface area contributed by atoms with Gasteiger partial charge in [0.2, 0.25) is 11.5 Å². The number of nitriles is 1. The summed E-state index contributed by atoms with van der Waals surface area (Å²) in [5.74, 6) is 0.736. The zero-order valence-corrected chi connectivity index (χ0v) is 19.2. The second-order valence-corrected chi connectivity index (χ2v) is 8.00. The highest BCUT2D eigenvalue weighted by atomic mass is 16.5. The maximum Gasteiger partial charge on any atom is 0.267 e. The van der Waals surface area contributed by atoms with E-state index in [-0.39, 0.29) is 34.3 Å². The summed E-state index contributed by atoms with van der Waals surface area (Å²) in [5, 5.41) is 16.8. The standard InChI is InChI=1S/C24H19N9O3/c1-13(28-21-15(10-25)11-27-24(26)30-21)22-29-17-5-3-4-16(14-6-7-19(34)32(2)12-14)20(17)23(35)33(22)18-8-9-36-31-18/h3-9,11-13H,1-2H3,(H3,26,27,28,30). The van der Waals surface area contributed by atoms with Gasteiger partial charge in [0, 0.05) is 25.4 Å². The highest BCUT2D eigenvalue weighted by Crippen LogP contribution is 2.28. The predicted molar refractivity (Wildman–Crippen MR) is 131 cm³/mol. The molecule has 0 saturated carbocycles. The first-order valence-electron chi connectivity index (χ1n) is 10.8. The normalized spacial score (nSPS) is 11.8. The number of hydrogen-bond donors (Lipinski definition) is 2. The summed E-state index contributed by atoms with van der Waals surface area (Å²) < 4.78 is 7.79. The number of hydrogen-bond acceptors (Lipinski definition) is 10. The van der Waals surface area contributed by atoms with Crippen molar-refractivity contribution in [1.29, 1.82) is 5.26 Å². The monoisotopic (exact) mass is 481 g/mol. The molecule has 1 atom stereocenters. The second-order valence-electron chi connectivity index (χ2n) is 8.00. The van der Waals surface area contributed by atoms with Crippen molar-refractivity contribution in [3.63, 3.8) is 0 Å². The fourth-order valence-corrected chi connectivity index (χ4v) is 3.93. The van der Waals surface area contributed by atoms with Crippen LogP contribution in [0.5, 0.6) is 0 Å². The molecule has 12 heteroatoms. The Morgan fingerprint density at radius 2 is 2.00 bits per heavy atom. The Labute approximate surface area is 203 Å². The molecule has 1 unspecified atom stereocenters. The van der Waals surface area contributed by atoms with Crippen LogP contribution in [0.4, 0.5) is 11.8 Å². The van der Waals surface area contributed by atoms with Crippen molar-refractivity contribution in [3.8, 4) is 23.0 Å². The summed E-state index contributed by atoms with van der Waals surface area (Å²) >= 11 is 0. The Balaban J connectivity index is 1.74. The van der Waals surface area contributed by atoms with E-state index >= 15 is 0 Å². The van der Waals surface area contributed by atoms with E-state index < -0.39 is 6.04 Å². The summed E-state index contributed by atoms with van der Waals surface area (Å²) in [5.41, 5.74) is 7.08. The molecule has 4 aromatic heterocycles. The predicted octanol–water partition coefficient (Wildman–Crippen LogP) is 2.16. The van der Waals surface area contributed by atoms with Gasteiger partial charge in [-0.15, -0.1) is 0 Å². The highest BCUT2D eigenvalue weighted by molar-refractivity contribution is 5.94. The highest BCUT2D eigenvalue weighted by Gasteiger charge is 2.22. The molecule has 5 aromatic rings. The van der Waals surface area contributed by atoms with Crippen LogP contribution in [0.25, 0.3) is 27.8 Å². The summed E-state index contributed by atoms with van der Waals surface area (Å²) in [7, 11) is 1.64. The van der Waals surface area contributed by atoms with Crippen LogP contribution in [0.3, 0.4) is 0 Å². The van der Waals surface area contributed by atoms with Crippen LogP contribution in [0.15, 0.2) is 69.2 Å². The van der Waals surface area contributed by atoms with Crippen LogP contribution < -0.4 is 22.2 Å². The molecule has 0 aliphatic carbocycles. The van der Waals surface area contributed by atoms with Crippen molar-refractivity contribution >= 4 is 22.7 Å². The molecule has 0 radical (unpaired) electrons. The first-order valence-corrected chi connectivity index (χ1v) is 10.8. The topological polar surface area (TPSA) is 171 Å². The average molecular weight is 481 g/mol. The van der Waals surface area contributed by atoms with Crippen molar-refractivity contribution < 1.29 is 4.52 Å². The van der Waals surface area contributed by atoms with Gasteiger partial charge in [-0.2, -0.15) is 10.2 Å². The number of nitrogens with two attached hydrogens (primary N) is 1. The zero-order valence-electron chi connectivity index (χ0n) is 19.2. The molecule has 0 fully saturated rings. The summed E-state index contributed by atoms with van der Waals surface area (Å²) in [6, 6.07) is 11.4. The Kier molecular flexibility index (Phi) is 5.50. The third kappa shape index (κ3) is 3.84. The van der Waals surface area contributed by atoms with Gasteiger partial charge in [0.15, 0.2) is 5.82 Å². The van der Waals surface area contributed by atoms with E-state index in [9.17, 15) is 14.9 Å². The van der Waals surface area contributed by atoms with Crippen molar-refractivity contribution in [3.05, 3.63) is 87.2 Å². The third-order valence-electron chi connectivity index (χ3n) is 5.64. The van der Waals surface area contributed by atoms with Gasteiger partial charge in [-0.3, -0.25) is 9.59 Å². The molecule has 36 heavy (non-hydrogen) atoms. The minimum Gasteiger partial charge on any atom is -0.368 e. The van der Waals surface area contributed by atoms with Crippen LogP contribution in [0.2, 0.25) is 0 Å². The molecule has 0 saturated heterocycles. The number of nitrogens with one attached hydrogen (secondary N) is 1. The van der Waals surface area contributed by atoms with Gasteiger partial charge in [-0.1, -0.05) is 17.3 Å². The molecule has 178 valence electrons. The largest absolute Gasteiger partial charge is 0.368 e. The number of aryl methyl sites for hydroxylation is 1. The minimum atomic E-state index is -0.610. The van der Waals surface area contributed by atoms with Crippen LogP contribution in [0.1, 0.15) is 24.4 Å². The molecule has 12 nitrogen and oxygen atoms in total. The van der Waals surface area contributed by atoms with Gasteiger partial charge >= 0.3 is 0 Å². The quantitative estimate of drug-likeness (QED) is 0.379. The molecule has 0 spiro atoms. The first kappa shape index (κ1) is 22.5. The third-order valence-corrected chi connectivity index (χ3v) is 5.64. The Bertz CT molecular complexity index is 1770. The van der Waals surface area contributed by atoms with E-state index in [4.69, 9.17) is 15.2 Å². The van der Waals surface area contributed by atoms with E-state index in [0.717, 1.165) is 0 Å². The van der Waals surface area contributed by atoms with Gasteiger partial charge in [-0.05, 0) is 30.2 Å². The molecule has 0 aliphatic heterocycles. The van der Waals surface area contributed by atoms with E-state index in [2.05, 4.69) is 20.4 Å². The van der Waals surface area contributed by atoms with Crippen molar-refractivity contribution in [1.82, 2.24) is 29.2 Å². The van der Waals surface area contributed by atoms with E-state index in [1.807, 2.05) is 6.07 Å². The van der Waals surface area contributed by atoms with E-state index in [1.165, 1.54) is 27.7 Å². The minimum absolute atomic E-state index is 0.00837. The number of rotatable bonds is 5. The number of pyridine rings is 1. The van der Waals surface area contributed by atoms with Gasteiger partial charge in [0.25, 0.3) is 5.56 Å². The van der Waals surface area contributed by atoms with Gasteiger partial charge in [0.05, 0.1) is 23.1 Å². The summed E-state index contributed by atoms with van der Waals surface area (Å²) in [4.78, 5) is 38.6. The van der Waals surface area contributed by atoms with E-state index in [1.54, 1.807) is 50.5 Å². The van der Waals surface area contributed by atoms with Crippen LogP contribution in [-0.2, 0) is 7.05 Å². The second kappa shape index (κ2) is 8.80. The van der Waals surface area contributed by atoms with Crippen LogP contribution in [-0.4, -0.2) is 29.2 Å². The number of benzene rings is 1. The summed E-state index contributed by atoms with van der Waals surface area (Å²) in [6.07, 6.45) is 4.33. The molecule has 0 bridgehead atoms. The Hall–Kier alpha value is -5.31. The van der Waals surface area contributed by atoms with Crippen molar-refractivity contribution in [2.24, 2.45) is 7.05 Å². The molecular formula is C24H19N9O3. The molecule has 3 N–H and O–H groups in total. The van der Waals surface area contributed by atoms with Crippen LogP contribution in [0, 0.1) is 11.3 Å². The van der Waals surface area contributed by atoms with Crippen molar-refractivity contribution in [2.45, 2.75) is 13.0 Å². The SMILES string of the molecule is CC(Nc1nc(N)ncc1C#N)c1nc2cccc(-c3ccc(=O)n(C)c3)c2c(=O)n1-c1ccon1. The molecule has 5 rings (SSSR count). The zero-order chi connectivity index (χ0) is 25.4. The number of nitrogen functional groups attached to an aromatic ring is 1. The maximum atomic E-state index is 14.0. The van der Waals surface area contributed by atoms with Crippen LogP contribution >= 0.6 is 0 Å². The maximum absolute atomic E-state index is 14.0. The number of aromatic nitrogens is 6. The average Bonchev–Trinajstić information content (AvgIpc) is 3.40. The molecule has 0 aliphatic rings. The Morgan fingerprint density at radius 3 is 2.72 bits per heavy atom. The van der Waals surface area contributed by atoms with Crippen molar-refractivity contribution in [2.75, 3.05) is 11.1 Å². The lowest BCUT2D eigenvalue weighted by molar-refractivity contribution is 0.415. The van der Waals surface area contributed by atoms with Gasteiger partial charge in [-0.25, -0.2) is 14.5 Å². The fourth-order valence-electron chi connectivity index (χ4n) is 3.93. The number of nitrogens with zero attached hydrogens (tertiary/aromatic N) is 7. The van der Waals surface area contributed by atoms with Gasteiger partial charge < -0.3 is 20.1 Å². The molecule has 0 amide bonds. The molecule has 4 heterocycles. The lowest BCUT2D eigenvalue weighted by Gasteiger charge is -2.20. The Morgan fingerprint density at radius 1 is 1.17 bits per heavy atom. The fraction of sp³-hybridized carbons (Fsp3) is 0.125. The first-order chi connectivity index (χ1) is 17.4.